The van der Waals surface area contributed by atoms with Crippen LogP contribution in [-0.2, 0) is 15.2 Å². The Kier molecular flexibility index (Phi) is 7.94. The van der Waals surface area contributed by atoms with E-state index in [0.29, 0.717) is 5.56 Å². The van der Waals surface area contributed by atoms with Crippen molar-refractivity contribution in [3.63, 3.8) is 0 Å². The third kappa shape index (κ3) is 8.04. The molecule has 0 aliphatic carbocycles. The molecule has 0 bridgehead atoms. The summed E-state index contributed by atoms with van der Waals surface area (Å²) in [4.78, 5) is 29.5. The second-order valence-electron chi connectivity index (χ2n) is 7.54. The summed E-state index contributed by atoms with van der Waals surface area (Å²) in [7, 11) is 0. The Labute approximate surface area is 188 Å². The van der Waals surface area contributed by atoms with Crippen LogP contribution in [0.4, 0.5) is 24.7 Å². The van der Waals surface area contributed by atoms with E-state index in [0.717, 1.165) is 6.08 Å². The van der Waals surface area contributed by atoms with E-state index in [9.17, 15) is 27.9 Å². The smallest absolute Gasteiger partial charge is 0.422 e. The molecule has 0 fully saturated rings. The third-order valence-electron chi connectivity index (χ3n) is 4.09. The maximum Gasteiger partial charge on any atom is 0.422 e. The predicted octanol–water partition coefficient (Wildman–Crippen LogP) is 3.79. The molecule has 0 aliphatic rings. The summed E-state index contributed by atoms with van der Waals surface area (Å²) in [5, 5.41) is 22.3. The van der Waals surface area contributed by atoms with Gasteiger partial charge in [0, 0.05) is 17.5 Å². The molecule has 1 heterocycles. The largest absolute Gasteiger partial charge is 0.482 e. The molecule has 0 saturated carbocycles. The zero-order chi connectivity index (χ0) is 24.8. The van der Waals surface area contributed by atoms with Gasteiger partial charge in [-0.2, -0.15) is 13.2 Å². The molecule has 1 aromatic carbocycles. The summed E-state index contributed by atoms with van der Waals surface area (Å²) < 4.78 is 42.2. The van der Waals surface area contributed by atoms with Crippen molar-refractivity contribution in [1.82, 2.24) is 4.98 Å². The highest BCUT2D eigenvalue weighted by Gasteiger charge is 2.29. The van der Waals surface area contributed by atoms with Crippen molar-refractivity contribution < 1.29 is 32.6 Å². The standard InChI is InChI=1S/C22H23F3N4O4/c1-13(26)10-15(20(31)29-18-9-8-14(11-27-18)21(2,3)32)19(30)28-16-6-4-5-7-17(16)33-12-22(23,24)25/h4-11,26,32H,12H2,1-3H3,(H,28,30)(H,27,29,31)/b15-10+,26-13?. The normalized spacial score (nSPS) is 12.2. The summed E-state index contributed by atoms with van der Waals surface area (Å²) in [6.45, 7) is 2.92. The van der Waals surface area contributed by atoms with Crippen LogP contribution >= 0.6 is 0 Å². The van der Waals surface area contributed by atoms with Crippen molar-refractivity contribution in [2.24, 2.45) is 0 Å². The first-order chi connectivity index (χ1) is 15.3. The van der Waals surface area contributed by atoms with E-state index in [-0.39, 0.29) is 23.0 Å². The molecule has 0 aliphatic heterocycles. The van der Waals surface area contributed by atoms with E-state index >= 15 is 0 Å². The molecule has 0 spiro atoms. The fraction of sp³-hybridized carbons (Fsp3) is 0.273. The number of allylic oxidation sites excluding steroid dienone is 1. The van der Waals surface area contributed by atoms with Gasteiger partial charge in [-0.3, -0.25) is 9.59 Å². The molecule has 33 heavy (non-hydrogen) atoms. The lowest BCUT2D eigenvalue weighted by molar-refractivity contribution is -0.153. The molecule has 0 radical (unpaired) electrons. The van der Waals surface area contributed by atoms with Crippen LogP contribution < -0.4 is 15.4 Å². The number of ether oxygens (including phenoxy) is 1. The average molecular weight is 464 g/mol. The zero-order valence-corrected chi connectivity index (χ0v) is 18.1. The Morgan fingerprint density at radius 3 is 2.30 bits per heavy atom. The predicted molar refractivity (Wildman–Crippen MR) is 116 cm³/mol. The molecular weight excluding hydrogens is 441 g/mol. The van der Waals surface area contributed by atoms with Crippen LogP contribution in [0.15, 0.2) is 54.2 Å². The number of carbonyl (C=O) groups is 2. The van der Waals surface area contributed by atoms with Crippen molar-refractivity contribution in [1.29, 1.82) is 5.41 Å². The second kappa shape index (κ2) is 10.3. The summed E-state index contributed by atoms with van der Waals surface area (Å²) in [6, 6.07) is 8.42. The van der Waals surface area contributed by atoms with Crippen LogP contribution in [0.1, 0.15) is 26.3 Å². The number of amides is 2. The number of aromatic nitrogens is 1. The highest BCUT2D eigenvalue weighted by atomic mass is 19.4. The van der Waals surface area contributed by atoms with Gasteiger partial charge in [-0.15, -0.1) is 0 Å². The highest BCUT2D eigenvalue weighted by molar-refractivity contribution is 6.28. The Morgan fingerprint density at radius 2 is 1.76 bits per heavy atom. The van der Waals surface area contributed by atoms with E-state index < -0.39 is 35.8 Å². The van der Waals surface area contributed by atoms with Crippen molar-refractivity contribution >= 4 is 29.0 Å². The van der Waals surface area contributed by atoms with Crippen molar-refractivity contribution in [3.8, 4) is 5.75 Å². The first-order valence-corrected chi connectivity index (χ1v) is 9.63. The van der Waals surface area contributed by atoms with Gasteiger partial charge in [-0.05, 0) is 45.0 Å². The van der Waals surface area contributed by atoms with Crippen LogP contribution in [0.2, 0.25) is 0 Å². The molecule has 11 heteroatoms. The maximum atomic E-state index is 12.8. The molecule has 0 atom stereocenters. The Balaban J connectivity index is 2.21. The van der Waals surface area contributed by atoms with Gasteiger partial charge in [0.15, 0.2) is 6.61 Å². The van der Waals surface area contributed by atoms with E-state index in [2.05, 4.69) is 15.6 Å². The number of halogens is 3. The summed E-state index contributed by atoms with van der Waals surface area (Å²) in [5.41, 5.74) is -1.30. The van der Waals surface area contributed by atoms with E-state index in [1.807, 2.05) is 0 Å². The SMILES string of the molecule is CC(=N)/C=C(/C(=O)Nc1ccc(C(C)(C)O)cn1)C(=O)Nc1ccccc1OCC(F)(F)F. The number of benzene rings is 1. The molecule has 8 nitrogen and oxygen atoms in total. The molecule has 1 aromatic heterocycles. The summed E-state index contributed by atoms with van der Waals surface area (Å²) >= 11 is 0. The van der Waals surface area contributed by atoms with Crippen LogP contribution in [0, 0.1) is 5.41 Å². The number of aliphatic hydroxyl groups is 1. The van der Waals surface area contributed by atoms with Gasteiger partial charge >= 0.3 is 6.18 Å². The molecule has 0 saturated heterocycles. The lowest BCUT2D eigenvalue weighted by Gasteiger charge is -2.17. The van der Waals surface area contributed by atoms with E-state index in [4.69, 9.17) is 10.1 Å². The zero-order valence-electron chi connectivity index (χ0n) is 18.1. The molecule has 4 N–H and O–H groups in total. The molecule has 176 valence electrons. The Hall–Kier alpha value is -3.73. The molecule has 2 aromatic rings. The Bertz CT molecular complexity index is 1060. The van der Waals surface area contributed by atoms with Gasteiger partial charge in [0.2, 0.25) is 0 Å². The molecule has 2 rings (SSSR count). The van der Waals surface area contributed by atoms with Gasteiger partial charge in [0.05, 0.1) is 11.3 Å². The number of carbonyl (C=O) groups excluding carboxylic acids is 2. The minimum Gasteiger partial charge on any atom is -0.482 e. The van der Waals surface area contributed by atoms with Gasteiger partial charge in [0.25, 0.3) is 11.8 Å². The van der Waals surface area contributed by atoms with Crippen LogP contribution in [0.3, 0.4) is 0 Å². The fourth-order valence-electron chi connectivity index (χ4n) is 2.51. The lowest BCUT2D eigenvalue weighted by Crippen LogP contribution is -2.27. The average Bonchev–Trinajstić information content (AvgIpc) is 2.70. The molecular formula is C22H23F3N4O4. The summed E-state index contributed by atoms with van der Waals surface area (Å²) in [6.07, 6.45) is -2.21. The second-order valence-corrected chi connectivity index (χ2v) is 7.54. The first-order valence-electron chi connectivity index (χ1n) is 9.63. The van der Waals surface area contributed by atoms with Crippen LogP contribution in [0.5, 0.6) is 5.75 Å². The summed E-state index contributed by atoms with van der Waals surface area (Å²) in [5.74, 6) is -2.01. The minimum atomic E-state index is -4.58. The fourth-order valence-corrected chi connectivity index (χ4v) is 2.51. The first kappa shape index (κ1) is 25.5. The number of nitrogens with zero attached hydrogens (tertiary/aromatic N) is 1. The number of hydrogen-bond acceptors (Lipinski definition) is 6. The van der Waals surface area contributed by atoms with Crippen molar-refractivity contribution in [3.05, 3.63) is 59.8 Å². The number of alkyl halides is 3. The Morgan fingerprint density at radius 1 is 1.12 bits per heavy atom. The molecule has 0 unspecified atom stereocenters. The highest BCUT2D eigenvalue weighted by Crippen LogP contribution is 2.27. The van der Waals surface area contributed by atoms with Gasteiger partial charge in [-0.1, -0.05) is 18.2 Å². The number of pyridine rings is 1. The van der Waals surface area contributed by atoms with Crippen LogP contribution in [-0.4, -0.2) is 40.4 Å². The topological polar surface area (TPSA) is 124 Å². The molecule has 2 amide bonds. The monoisotopic (exact) mass is 464 g/mol. The number of anilines is 2. The van der Waals surface area contributed by atoms with Gasteiger partial charge in [-0.25, -0.2) is 4.98 Å². The lowest BCUT2D eigenvalue weighted by atomic mass is 10.0. The number of para-hydroxylation sites is 2. The quantitative estimate of drug-likeness (QED) is 0.205. The number of hydrogen-bond donors (Lipinski definition) is 4. The minimum absolute atomic E-state index is 0.0826. The van der Waals surface area contributed by atoms with Gasteiger partial charge < -0.3 is 25.9 Å². The van der Waals surface area contributed by atoms with E-state index in [1.54, 1.807) is 19.9 Å². The van der Waals surface area contributed by atoms with Crippen LogP contribution in [0.25, 0.3) is 0 Å². The van der Waals surface area contributed by atoms with Crippen molar-refractivity contribution in [2.45, 2.75) is 32.5 Å². The maximum absolute atomic E-state index is 12.8. The number of nitrogens with one attached hydrogen (secondary N) is 3. The van der Waals surface area contributed by atoms with Gasteiger partial charge in [0.1, 0.15) is 17.1 Å². The van der Waals surface area contributed by atoms with Crippen molar-refractivity contribution in [2.75, 3.05) is 17.2 Å². The number of rotatable bonds is 8. The third-order valence-corrected chi connectivity index (χ3v) is 4.09. The van der Waals surface area contributed by atoms with E-state index in [1.165, 1.54) is 43.5 Å².